The summed E-state index contributed by atoms with van der Waals surface area (Å²) in [6.45, 7) is 2.71. The van der Waals surface area contributed by atoms with E-state index in [0.29, 0.717) is 6.54 Å². The Morgan fingerprint density at radius 1 is 1.17 bits per heavy atom. The van der Waals surface area contributed by atoms with Gasteiger partial charge in [-0.3, -0.25) is 4.90 Å². The number of nitrogens with zero attached hydrogens (tertiary/aromatic N) is 3. The monoisotopic (exact) mass is 360 g/mol. The molecule has 0 amide bonds. The maximum Gasteiger partial charge on any atom is 0.433 e. The second kappa shape index (κ2) is 7.47. The van der Waals surface area contributed by atoms with E-state index in [1.54, 1.807) is 0 Å². The number of rotatable bonds is 4. The van der Waals surface area contributed by atoms with E-state index in [9.17, 15) is 13.2 Å². The van der Waals surface area contributed by atoms with Gasteiger partial charge in [-0.2, -0.15) is 24.9 Å². The van der Waals surface area contributed by atoms with Gasteiger partial charge in [-0.15, -0.1) is 0 Å². The van der Waals surface area contributed by atoms with Gasteiger partial charge in [0.15, 0.2) is 0 Å². The summed E-state index contributed by atoms with van der Waals surface area (Å²) in [7, 11) is 0. The van der Waals surface area contributed by atoms with Crippen molar-refractivity contribution in [2.24, 2.45) is 0 Å². The number of alkyl halides is 3. The van der Waals surface area contributed by atoms with Crippen LogP contribution in [0.4, 0.5) is 19.1 Å². The minimum absolute atomic E-state index is 0.0246. The maximum atomic E-state index is 12.8. The molecule has 0 atom stereocenters. The topological polar surface area (TPSA) is 41.1 Å². The van der Waals surface area contributed by atoms with Crippen molar-refractivity contribution in [2.75, 3.05) is 36.5 Å². The third kappa shape index (κ3) is 4.14. The molecule has 0 radical (unpaired) electrons. The molecular weight excluding hydrogens is 337 g/mol. The highest BCUT2D eigenvalue weighted by Gasteiger charge is 2.39. The van der Waals surface area contributed by atoms with Crippen LogP contribution < -0.4 is 5.32 Å². The van der Waals surface area contributed by atoms with Gasteiger partial charge in [-0.05, 0) is 18.9 Å². The van der Waals surface area contributed by atoms with E-state index in [1.807, 2.05) is 11.8 Å². The zero-order valence-corrected chi connectivity index (χ0v) is 14.4. The average Bonchev–Trinajstić information content (AvgIpc) is 2.61. The molecule has 1 saturated heterocycles. The van der Waals surface area contributed by atoms with Gasteiger partial charge < -0.3 is 5.32 Å². The Balaban J connectivity index is 1.71. The molecular formula is C16H23F3N4S. The first-order chi connectivity index (χ1) is 11.5. The molecule has 2 heterocycles. The van der Waals surface area contributed by atoms with Crippen molar-refractivity contribution in [1.82, 2.24) is 14.9 Å². The smallest absolute Gasteiger partial charge is 0.352 e. The zero-order valence-electron chi connectivity index (χ0n) is 13.6. The lowest BCUT2D eigenvalue weighted by Crippen LogP contribution is -2.57. The summed E-state index contributed by atoms with van der Waals surface area (Å²) in [5.74, 6) is 2.32. The minimum atomic E-state index is -4.44. The molecule has 0 bridgehead atoms. The first-order valence-corrected chi connectivity index (χ1v) is 9.62. The molecule has 2 fully saturated rings. The van der Waals surface area contributed by atoms with Gasteiger partial charge in [0.05, 0.1) is 0 Å². The standard InChI is InChI=1S/C16H23F3N4S/c17-16(18,19)13-4-7-20-14(22-13)21-12-15(5-2-1-3-6-15)23-8-10-24-11-9-23/h4,7H,1-3,5-6,8-12H2,(H,20,21,22). The van der Waals surface area contributed by atoms with Gasteiger partial charge in [0.2, 0.25) is 5.95 Å². The van der Waals surface area contributed by atoms with E-state index >= 15 is 0 Å². The molecule has 24 heavy (non-hydrogen) atoms. The van der Waals surface area contributed by atoms with Crippen LogP contribution in [0.2, 0.25) is 0 Å². The average molecular weight is 360 g/mol. The summed E-state index contributed by atoms with van der Waals surface area (Å²) in [6.07, 6.45) is 2.50. The molecule has 1 aliphatic carbocycles. The van der Waals surface area contributed by atoms with Crippen LogP contribution in [0.5, 0.6) is 0 Å². The van der Waals surface area contributed by atoms with Crippen LogP contribution in [0.1, 0.15) is 37.8 Å². The van der Waals surface area contributed by atoms with Crippen molar-refractivity contribution in [2.45, 2.75) is 43.8 Å². The van der Waals surface area contributed by atoms with Crippen LogP contribution in [0.25, 0.3) is 0 Å². The fourth-order valence-corrected chi connectivity index (χ4v) is 4.60. The molecule has 0 spiro atoms. The molecule has 8 heteroatoms. The molecule has 0 unspecified atom stereocenters. The summed E-state index contributed by atoms with van der Waals surface area (Å²) >= 11 is 1.97. The first kappa shape index (κ1) is 17.8. The van der Waals surface area contributed by atoms with Crippen LogP contribution in [0, 0.1) is 0 Å². The highest BCUT2D eigenvalue weighted by molar-refractivity contribution is 7.99. The van der Waals surface area contributed by atoms with Gasteiger partial charge in [-0.25, -0.2) is 9.97 Å². The Morgan fingerprint density at radius 3 is 2.54 bits per heavy atom. The third-order valence-electron chi connectivity index (χ3n) is 4.99. The first-order valence-electron chi connectivity index (χ1n) is 8.47. The lowest BCUT2D eigenvalue weighted by molar-refractivity contribution is -0.141. The SMILES string of the molecule is FC(F)(F)c1ccnc(NCC2(N3CCSCC3)CCCCC2)n1. The van der Waals surface area contributed by atoms with Gasteiger partial charge in [-0.1, -0.05) is 19.3 Å². The van der Waals surface area contributed by atoms with Gasteiger partial charge >= 0.3 is 6.18 Å². The molecule has 1 N–H and O–H groups in total. The molecule has 0 aromatic carbocycles. The number of aromatic nitrogens is 2. The Bertz CT molecular complexity index is 540. The van der Waals surface area contributed by atoms with E-state index < -0.39 is 11.9 Å². The van der Waals surface area contributed by atoms with Crippen molar-refractivity contribution in [3.63, 3.8) is 0 Å². The highest BCUT2D eigenvalue weighted by atomic mass is 32.2. The Labute approximate surface area is 144 Å². The van der Waals surface area contributed by atoms with Crippen LogP contribution in [0.15, 0.2) is 12.3 Å². The predicted octanol–water partition coefficient (Wildman–Crippen LogP) is 3.66. The van der Waals surface area contributed by atoms with Crippen molar-refractivity contribution >= 4 is 17.7 Å². The van der Waals surface area contributed by atoms with E-state index in [-0.39, 0.29) is 11.5 Å². The quantitative estimate of drug-likeness (QED) is 0.887. The number of nitrogens with one attached hydrogen (secondary N) is 1. The maximum absolute atomic E-state index is 12.8. The Hall–Kier alpha value is -1.02. The summed E-state index contributed by atoms with van der Waals surface area (Å²) < 4.78 is 38.4. The van der Waals surface area contributed by atoms with E-state index in [2.05, 4.69) is 20.2 Å². The van der Waals surface area contributed by atoms with E-state index in [0.717, 1.165) is 43.5 Å². The predicted molar refractivity (Wildman–Crippen MR) is 90.2 cm³/mol. The normalized spacial score (nSPS) is 22.3. The largest absolute Gasteiger partial charge is 0.433 e. The van der Waals surface area contributed by atoms with Gasteiger partial charge in [0.1, 0.15) is 5.69 Å². The number of thioether (sulfide) groups is 1. The number of hydrogen-bond acceptors (Lipinski definition) is 5. The number of halogens is 3. The Kier molecular flexibility index (Phi) is 5.54. The lowest BCUT2D eigenvalue weighted by Gasteiger charge is -2.48. The van der Waals surface area contributed by atoms with Crippen LogP contribution in [-0.4, -0.2) is 51.5 Å². The molecule has 1 saturated carbocycles. The molecule has 134 valence electrons. The van der Waals surface area contributed by atoms with Gasteiger partial charge in [0.25, 0.3) is 0 Å². The van der Waals surface area contributed by atoms with E-state index in [4.69, 9.17) is 0 Å². The van der Waals surface area contributed by atoms with Crippen LogP contribution >= 0.6 is 11.8 Å². The zero-order chi connectivity index (χ0) is 17.0. The highest BCUT2D eigenvalue weighted by Crippen LogP contribution is 2.35. The molecule has 4 nitrogen and oxygen atoms in total. The summed E-state index contributed by atoms with van der Waals surface area (Å²) in [5.41, 5.74) is -0.872. The Morgan fingerprint density at radius 2 is 1.88 bits per heavy atom. The molecule has 1 aliphatic heterocycles. The number of anilines is 1. The summed E-state index contributed by atoms with van der Waals surface area (Å²) in [4.78, 5) is 10.1. The summed E-state index contributed by atoms with van der Waals surface area (Å²) in [6, 6.07) is 0.906. The van der Waals surface area contributed by atoms with Crippen molar-refractivity contribution in [1.29, 1.82) is 0 Å². The third-order valence-corrected chi connectivity index (χ3v) is 5.93. The second-order valence-electron chi connectivity index (χ2n) is 6.50. The second-order valence-corrected chi connectivity index (χ2v) is 7.73. The van der Waals surface area contributed by atoms with Crippen molar-refractivity contribution in [3.8, 4) is 0 Å². The molecule has 2 aliphatic rings. The van der Waals surface area contributed by atoms with Crippen LogP contribution in [0.3, 0.4) is 0 Å². The van der Waals surface area contributed by atoms with Crippen molar-refractivity contribution < 1.29 is 13.2 Å². The van der Waals surface area contributed by atoms with Crippen LogP contribution in [-0.2, 0) is 6.18 Å². The fourth-order valence-electron chi connectivity index (χ4n) is 3.70. The lowest BCUT2D eigenvalue weighted by atomic mass is 9.80. The number of hydrogen-bond donors (Lipinski definition) is 1. The molecule has 1 aromatic heterocycles. The molecule has 3 rings (SSSR count). The van der Waals surface area contributed by atoms with Gasteiger partial charge in [0, 0.05) is 42.9 Å². The fraction of sp³-hybridized carbons (Fsp3) is 0.750. The van der Waals surface area contributed by atoms with E-state index in [1.165, 1.54) is 25.5 Å². The minimum Gasteiger partial charge on any atom is -0.352 e. The molecule has 1 aromatic rings. The summed E-state index contributed by atoms with van der Waals surface area (Å²) in [5, 5.41) is 3.09. The van der Waals surface area contributed by atoms with Crippen molar-refractivity contribution in [3.05, 3.63) is 18.0 Å².